The zero-order chi connectivity index (χ0) is 14.3. The number of amides is 2. The first-order valence-corrected chi connectivity index (χ1v) is 6.68. The molecule has 0 aliphatic rings. The molecule has 0 aliphatic heterocycles. The number of nitrogens with one attached hydrogen (secondary N) is 1. The van der Waals surface area contributed by atoms with Gasteiger partial charge in [-0.1, -0.05) is 18.3 Å². The Bertz CT molecular complexity index is 419. The second-order valence-electron chi connectivity index (χ2n) is 4.01. The maximum atomic E-state index is 10.9. The van der Waals surface area contributed by atoms with Gasteiger partial charge in [-0.05, 0) is 6.42 Å². The number of primary amides is 2. The molecule has 1 heterocycles. The molecule has 0 aromatic carbocycles. The van der Waals surface area contributed by atoms with E-state index in [1.165, 1.54) is 16.2 Å². The molecule has 0 radical (unpaired) electrons. The van der Waals surface area contributed by atoms with Crippen LogP contribution in [0.3, 0.4) is 0 Å². The number of aromatic nitrogens is 2. The van der Waals surface area contributed by atoms with Gasteiger partial charge in [0, 0.05) is 6.54 Å². The minimum Gasteiger partial charge on any atom is -0.369 e. The van der Waals surface area contributed by atoms with E-state index < -0.39 is 11.8 Å². The zero-order valence-electron chi connectivity index (χ0n) is 10.8. The first-order chi connectivity index (χ1) is 9.01. The topological polar surface area (TPSA) is 127 Å². The van der Waals surface area contributed by atoms with Crippen LogP contribution in [-0.4, -0.2) is 46.5 Å². The molecule has 19 heavy (non-hydrogen) atoms. The average molecular weight is 286 g/mol. The lowest BCUT2D eigenvalue weighted by Gasteiger charge is -2.16. The Balaban J connectivity index is 2.59. The number of carbonyl (C=O) groups excluding carboxylic acids is 2. The van der Waals surface area contributed by atoms with Crippen molar-refractivity contribution in [3.63, 3.8) is 0 Å². The molecular weight excluding hydrogens is 268 g/mol. The SMILES string of the molecule is CCCNc1nnc(CN(CC(N)=O)CC(N)=O)s1. The number of nitrogens with two attached hydrogens (primary N) is 2. The molecule has 9 heteroatoms. The van der Waals surface area contributed by atoms with E-state index in [4.69, 9.17) is 11.5 Å². The van der Waals surface area contributed by atoms with Crippen molar-refractivity contribution in [2.75, 3.05) is 25.0 Å². The summed E-state index contributed by atoms with van der Waals surface area (Å²) in [6.07, 6.45) is 0.990. The third kappa shape index (κ3) is 6.11. The molecule has 106 valence electrons. The molecule has 1 aromatic rings. The van der Waals surface area contributed by atoms with Crippen LogP contribution in [0.15, 0.2) is 0 Å². The van der Waals surface area contributed by atoms with E-state index in [-0.39, 0.29) is 13.1 Å². The molecule has 8 nitrogen and oxygen atoms in total. The number of nitrogens with zero attached hydrogens (tertiary/aromatic N) is 3. The Morgan fingerprint density at radius 3 is 2.42 bits per heavy atom. The number of hydrogen-bond acceptors (Lipinski definition) is 7. The third-order valence-corrected chi connectivity index (χ3v) is 2.98. The molecule has 0 atom stereocenters. The van der Waals surface area contributed by atoms with Crippen LogP contribution in [0, 0.1) is 0 Å². The summed E-state index contributed by atoms with van der Waals surface area (Å²) in [5, 5.41) is 12.5. The largest absolute Gasteiger partial charge is 0.369 e. The summed E-state index contributed by atoms with van der Waals surface area (Å²) in [7, 11) is 0. The lowest BCUT2D eigenvalue weighted by atomic mass is 10.4. The van der Waals surface area contributed by atoms with E-state index >= 15 is 0 Å². The minimum absolute atomic E-state index is 0.0414. The maximum absolute atomic E-state index is 10.9. The summed E-state index contributed by atoms with van der Waals surface area (Å²) >= 11 is 1.38. The predicted octanol–water partition coefficient (Wildman–Crippen LogP) is -0.867. The standard InChI is InChI=1S/C10H18N6O2S/c1-2-3-13-10-15-14-9(19-10)6-16(4-7(11)17)5-8(12)18/h2-6H2,1H3,(H2,11,17)(H2,12,18)(H,13,15). The van der Waals surface area contributed by atoms with Crippen LogP contribution in [0.1, 0.15) is 18.4 Å². The molecule has 0 saturated carbocycles. The van der Waals surface area contributed by atoms with Crippen molar-refractivity contribution >= 4 is 28.3 Å². The summed E-state index contributed by atoms with van der Waals surface area (Å²) in [6.45, 7) is 3.11. The van der Waals surface area contributed by atoms with Gasteiger partial charge in [0.05, 0.1) is 19.6 Å². The molecule has 0 aliphatic carbocycles. The summed E-state index contributed by atoms with van der Waals surface area (Å²) in [6, 6.07) is 0. The van der Waals surface area contributed by atoms with Gasteiger partial charge in [0.1, 0.15) is 5.01 Å². The minimum atomic E-state index is -0.518. The van der Waals surface area contributed by atoms with Gasteiger partial charge in [0.25, 0.3) is 0 Å². The van der Waals surface area contributed by atoms with Gasteiger partial charge in [0.15, 0.2) is 0 Å². The normalized spacial score (nSPS) is 10.6. The summed E-state index contributed by atoms with van der Waals surface area (Å²) in [5.74, 6) is -1.04. The van der Waals surface area contributed by atoms with Crippen molar-refractivity contribution in [3.05, 3.63) is 5.01 Å². The van der Waals surface area contributed by atoms with Crippen LogP contribution in [-0.2, 0) is 16.1 Å². The molecule has 5 N–H and O–H groups in total. The maximum Gasteiger partial charge on any atom is 0.231 e. The van der Waals surface area contributed by atoms with Crippen molar-refractivity contribution in [2.45, 2.75) is 19.9 Å². The van der Waals surface area contributed by atoms with Gasteiger partial charge in [0.2, 0.25) is 16.9 Å². The molecule has 0 bridgehead atoms. The highest BCUT2D eigenvalue weighted by Gasteiger charge is 2.14. The first kappa shape index (κ1) is 15.3. The van der Waals surface area contributed by atoms with E-state index in [1.807, 2.05) is 0 Å². The van der Waals surface area contributed by atoms with Crippen LogP contribution in [0.25, 0.3) is 0 Å². The number of hydrogen-bond donors (Lipinski definition) is 3. The number of anilines is 1. The molecule has 0 unspecified atom stereocenters. The Kier molecular flexibility index (Phi) is 6.16. The quantitative estimate of drug-likeness (QED) is 0.541. The molecule has 1 rings (SSSR count). The predicted molar refractivity (Wildman–Crippen MR) is 72.4 cm³/mol. The van der Waals surface area contributed by atoms with E-state index in [2.05, 4.69) is 22.4 Å². The number of carbonyl (C=O) groups is 2. The highest BCUT2D eigenvalue weighted by molar-refractivity contribution is 7.15. The Labute approximate surface area is 115 Å². The van der Waals surface area contributed by atoms with Crippen LogP contribution >= 0.6 is 11.3 Å². The van der Waals surface area contributed by atoms with Crippen molar-refractivity contribution in [3.8, 4) is 0 Å². The van der Waals surface area contributed by atoms with Gasteiger partial charge in [-0.25, -0.2) is 0 Å². The van der Waals surface area contributed by atoms with Crippen LogP contribution < -0.4 is 16.8 Å². The fourth-order valence-corrected chi connectivity index (χ4v) is 2.23. The molecule has 0 saturated heterocycles. The molecular formula is C10H18N6O2S. The van der Waals surface area contributed by atoms with Gasteiger partial charge in [-0.2, -0.15) is 0 Å². The monoisotopic (exact) mass is 286 g/mol. The molecule has 1 aromatic heterocycles. The number of rotatable bonds is 9. The second-order valence-corrected chi connectivity index (χ2v) is 5.07. The Morgan fingerprint density at radius 1 is 1.26 bits per heavy atom. The van der Waals surface area contributed by atoms with Crippen molar-refractivity contribution in [1.29, 1.82) is 0 Å². The molecule has 0 spiro atoms. The molecule has 0 fully saturated rings. The van der Waals surface area contributed by atoms with Gasteiger partial charge >= 0.3 is 0 Å². The average Bonchev–Trinajstić information content (AvgIpc) is 2.72. The highest BCUT2D eigenvalue weighted by atomic mass is 32.1. The van der Waals surface area contributed by atoms with Crippen molar-refractivity contribution in [1.82, 2.24) is 15.1 Å². The van der Waals surface area contributed by atoms with E-state index in [0.717, 1.165) is 18.1 Å². The molecule has 2 amide bonds. The smallest absolute Gasteiger partial charge is 0.231 e. The van der Waals surface area contributed by atoms with Crippen LogP contribution in [0.2, 0.25) is 0 Å². The summed E-state index contributed by atoms with van der Waals surface area (Å²) < 4.78 is 0. The van der Waals surface area contributed by atoms with Gasteiger partial charge < -0.3 is 16.8 Å². The lowest BCUT2D eigenvalue weighted by molar-refractivity contribution is -0.122. The Hall–Kier alpha value is -1.74. The fourth-order valence-electron chi connectivity index (χ4n) is 1.42. The van der Waals surface area contributed by atoms with Crippen LogP contribution in [0.4, 0.5) is 5.13 Å². The van der Waals surface area contributed by atoms with Crippen LogP contribution in [0.5, 0.6) is 0 Å². The van der Waals surface area contributed by atoms with Crippen molar-refractivity contribution in [2.24, 2.45) is 11.5 Å². The zero-order valence-corrected chi connectivity index (χ0v) is 11.6. The first-order valence-electron chi connectivity index (χ1n) is 5.86. The van der Waals surface area contributed by atoms with E-state index in [1.54, 1.807) is 0 Å². The van der Waals surface area contributed by atoms with E-state index in [9.17, 15) is 9.59 Å². The second kappa shape index (κ2) is 7.64. The summed E-state index contributed by atoms with van der Waals surface area (Å²) in [4.78, 5) is 23.4. The summed E-state index contributed by atoms with van der Waals surface area (Å²) in [5.41, 5.74) is 10.2. The van der Waals surface area contributed by atoms with Crippen molar-refractivity contribution < 1.29 is 9.59 Å². The van der Waals surface area contributed by atoms with Gasteiger partial charge in [-0.15, -0.1) is 10.2 Å². The third-order valence-electron chi connectivity index (χ3n) is 2.11. The lowest BCUT2D eigenvalue weighted by Crippen LogP contribution is -2.39. The van der Waals surface area contributed by atoms with E-state index in [0.29, 0.717) is 11.6 Å². The van der Waals surface area contributed by atoms with Gasteiger partial charge in [-0.3, -0.25) is 14.5 Å². The highest BCUT2D eigenvalue weighted by Crippen LogP contribution is 2.16. The fraction of sp³-hybridized carbons (Fsp3) is 0.600. The Morgan fingerprint density at radius 2 is 1.89 bits per heavy atom.